The lowest BCUT2D eigenvalue weighted by Gasteiger charge is -2.08. The van der Waals surface area contributed by atoms with Crippen LogP contribution in [0.15, 0.2) is 30.3 Å². The number of rotatable bonds is 5. The summed E-state index contributed by atoms with van der Waals surface area (Å²) in [5.74, 6) is -0.788. The number of esters is 2. The highest BCUT2D eigenvalue weighted by molar-refractivity contribution is 5.90. The Kier molecular flexibility index (Phi) is 5.51. The molecule has 0 bridgehead atoms. The van der Waals surface area contributed by atoms with Crippen LogP contribution in [0.2, 0.25) is 0 Å². The quantitative estimate of drug-likeness (QED) is 0.614. The summed E-state index contributed by atoms with van der Waals surface area (Å²) in [5, 5.41) is 0. The van der Waals surface area contributed by atoms with Crippen LogP contribution in [0.5, 0.6) is 0 Å². The van der Waals surface area contributed by atoms with E-state index in [1.807, 2.05) is 0 Å². The van der Waals surface area contributed by atoms with E-state index in [4.69, 9.17) is 9.47 Å². The monoisotopic (exact) mass is 290 g/mol. The molecule has 1 unspecified atom stereocenters. The van der Waals surface area contributed by atoms with Crippen molar-refractivity contribution in [2.75, 3.05) is 20.3 Å². The molecular formula is C16H18O5. The lowest BCUT2D eigenvalue weighted by Crippen LogP contribution is -2.16. The number of carbonyl (C=O) groups excluding carboxylic acids is 2. The Labute approximate surface area is 123 Å². The van der Waals surface area contributed by atoms with E-state index in [2.05, 4.69) is 4.74 Å². The largest absolute Gasteiger partial charge is 0.465 e. The van der Waals surface area contributed by atoms with Crippen LogP contribution in [0.4, 0.5) is 0 Å². The molecular weight excluding hydrogens is 272 g/mol. The van der Waals surface area contributed by atoms with Crippen molar-refractivity contribution in [1.29, 1.82) is 0 Å². The van der Waals surface area contributed by atoms with Gasteiger partial charge in [0.15, 0.2) is 0 Å². The highest BCUT2D eigenvalue weighted by Crippen LogP contribution is 2.12. The van der Waals surface area contributed by atoms with Gasteiger partial charge < -0.3 is 14.2 Å². The lowest BCUT2D eigenvalue weighted by atomic mass is 10.1. The van der Waals surface area contributed by atoms with Crippen LogP contribution in [0, 0.1) is 0 Å². The summed E-state index contributed by atoms with van der Waals surface area (Å²) < 4.78 is 15.1. The van der Waals surface area contributed by atoms with Gasteiger partial charge in [-0.1, -0.05) is 12.1 Å². The Bertz CT molecular complexity index is 512. The molecule has 0 aliphatic carbocycles. The molecule has 5 nitrogen and oxygen atoms in total. The topological polar surface area (TPSA) is 61.8 Å². The van der Waals surface area contributed by atoms with Crippen LogP contribution in [0.3, 0.4) is 0 Å². The van der Waals surface area contributed by atoms with Gasteiger partial charge in [0.25, 0.3) is 0 Å². The Morgan fingerprint density at radius 2 is 2.10 bits per heavy atom. The van der Waals surface area contributed by atoms with Crippen LogP contribution < -0.4 is 0 Å². The van der Waals surface area contributed by atoms with Gasteiger partial charge >= 0.3 is 11.9 Å². The highest BCUT2D eigenvalue weighted by Gasteiger charge is 2.16. The molecule has 1 aliphatic rings. The zero-order valence-corrected chi connectivity index (χ0v) is 11.9. The summed E-state index contributed by atoms with van der Waals surface area (Å²) in [4.78, 5) is 22.8. The summed E-state index contributed by atoms with van der Waals surface area (Å²) in [6.45, 7) is 1.04. The van der Waals surface area contributed by atoms with Gasteiger partial charge in [-0.05, 0) is 36.6 Å². The van der Waals surface area contributed by atoms with Gasteiger partial charge in [0.1, 0.15) is 6.61 Å². The average Bonchev–Trinajstić information content (AvgIpc) is 3.04. The third-order valence-electron chi connectivity index (χ3n) is 3.18. The molecule has 1 heterocycles. The zero-order valence-electron chi connectivity index (χ0n) is 11.9. The maximum Gasteiger partial charge on any atom is 0.337 e. The van der Waals surface area contributed by atoms with Crippen LogP contribution in [-0.2, 0) is 19.0 Å². The maximum atomic E-state index is 11.6. The SMILES string of the molecule is COC(=O)c1ccc(C=CC(=O)OCC2CCCO2)cc1. The van der Waals surface area contributed by atoms with Crippen LogP contribution >= 0.6 is 0 Å². The Morgan fingerprint density at radius 3 is 2.71 bits per heavy atom. The minimum atomic E-state index is -0.400. The van der Waals surface area contributed by atoms with E-state index in [1.54, 1.807) is 30.3 Å². The van der Waals surface area contributed by atoms with Crippen molar-refractivity contribution in [2.45, 2.75) is 18.9 Å². The van der Waals surface area contributed by atoms with Crippen molar-refractivity contribution in [3.8, 4) is 0 Å². The Morgan fingerprint density at radius 1 is 1.33 bits per heavy atom. The van der Waals surface area contributed by atoms with Gasteiger partial charge in [0, 0.05) is 12.7 Å². The number of hydrogen-bond acceptors (Lipinski definition) is 5. The van der Waals surface area contributed by atoms with Gasteiger partial charge in [-0.3, -0.25) is 0 Å². The Balaban J connectivity index is 1.82. The minimum Gasteiger partial charge on any atom is -0.465 e. The summed E-state index contributed by atoms with van der Waals surface area (Å²) in [7, 11) is 1.33. The molecule has 0 saturated carbocycles. The number of methoxy groups -OCH3 is 1. The first kappa shape index (κ1) is 15.3. The molecule has 1 fully saturated rings. The second-order valence-electron chi connectivity index (χ2n) is 4.71. The molecule has 1 aliphatic heterocycles. The lowest BCUT2D eigenvalue weighted by molar-refractivity contribution is -0.140. The third-order valence-corrected chi connectivity index (χ3v) is 3.18. The van der Waals surface area contributed by atoms with Crippen LogP contribution in [0.25, 0.3) is 6.08 Å². The van der Waals surface area contributed by atoms with Crippen molar-refractivity contribution < 1.29 is 23.8 Å². The van der Waals surface area contributed by atoms with Crippen LogP contribution in [-0.4, -0.2) is 38.4 Å². The van der Waals surface area contributed by atoms with E-state index in [9.17, 15) is 9.59 Å². The summed E-state index contributed by atoms with van der Waals surface area (Å²) in [6.07, 6.45) is 4.99. The fourth-order valence-electron chi connectivity index (χ4n) is 2.01. The Hall–Kier alpha value is -2.14. The van der Waals surface area contributed by atoms with E-state index in [-0.39, 0.29) is 12.1 Å². The molecule has 2 rings (SSSR count). The van der Waals surface area contributed by atoms with E-state index < -0.39 is 5.97 Å². The normalized spacial score (nSPS) is 17.9. The minimum absolute atomic E-state index is 0.0293. The van der Waals surface area contributed by atoms with Crippen molar-refractivity contribution >= 4 is 18.0 Å². The van der Waals surface area contributed by atoms with Crippen LogP contribution in [0.1, 0.15) is 28.8 Å². The van der Waals surface area contributed by atoms with E-state index in [0.29, 0.717) is 12.2 Å². The zero-order chi connectivity index (χ0) is 15.1. The standard InChI is InChI=1S/C16H18O5/c1-19-16(18)13-7-4-12(5-8-13)6-9-15(17)21-11-14-3-2-10-20-14/h4-9,14H,2-3,10-11H2,1H3. The first-order valence-corrected chi connectivity index (χ1v) is 6.84. The molecule has 0 aromatic heterocycles. The first-order valence-electron chi connectivity index (χ1n) is 6.84. The third kappa shape index (κ3) is 4.72. The molecule has 0 N–H and O–H groups in total. The smallest absolute Gasteiger partial charge is 0.337 e. The van der Waals surface area contributed by atoms with Crippen molar-refractivity contribution in [2.24, 2.45) is 0 Å². The summed E-state index contributed by atoms with van der Waals surface area (Å²) in [5.41, 5.74) is 1.27. The molecule has 0 radical (unpaired) electrons. The predicted molar refractivity (Wildman–Crippen MR) is 76.7 cm³/mol. The number of carbonyl (C=O) groups is 2. The van der Waals surface area contributed by atoms with Gasteiger partial charge in [-0.25, -0.2) is 9.59 Å². The molecule has 1 aromatic carbocycles. The van der Waals surface area contributed by atoms with E-state index in [1.165, 1.54) is 13.2 Å². The molecule has 1 aromatic rings. The second-order valence-corrected chi connectivity index (χ2v) is 4.71. The molecule has 1 atom stereocenters. The molecule has 1 saturated heterocycles. The second kappa shape index (κ2) is 7.59. The van der Waals surface area contributed by atoms with Crippen molar-refractivity contribution in [1.82, 2.24) is 0 Å². The fraction of sp³-hybridized carbons (Fsp3) is 0.375. The highest BCUT2D eigenvalue weighted by atomic mass is 16.6. The molecule has 21 heavy (non-hydrogen) atoms. The summed E-state index contributed by atoms with van der Waals surface area (Å²) in [6, 6.07) is 6.75. The number of benzene rings is 1. The predicted octanol–water partition coefficient (Wildman–Crippen LogP) is 2.21. The molecule has 112 valence electrons. The fourth-order valence-corrected chi connectivity index (χ4v) is 2.01. The maximum absolute atomic E-state index is 11.6. The van der Waals surface area contributed by atoms with Gasteiger partial charge in [-0.15, -0.1) is 0 Å². The molecule has 5 heteroatoms. The van der Waals surface area contributed by atoms with Gasteiger partial charge in [0.2, 0.25) is 0 Å². The molecule has 0 spiro atoms. The van der Waals surface area contributed by atoms with E-state index >= 15 is 0 Å². The molecule has 0 amide bonds. The van der Waals surface area contributed by atoms with Gasteiger partial charge in [-0.2, -0.15) is 0 Å². The van der Waals surface area contributed by atoms with Crippen molar-refractivity contribution in [3.63, 3.8) is 0 Å². The summed E-state index contributed by atoms with van der Waals surface area (Å²) >= 11 is 0. The van der Waals surface area contributed by atoms with Gasteiger partial charge in [0.05, 0.1) is 18.8 Å². The first-order chi connectivity index (χ1) is 10.2. The average molecular weight is 290 g/mol. The number of hydrogen-bond donors (Lipinski definition) is 0. The van der Waals surface area contributed by atoms with E-state index in [0.717, 1.165) is 25.0 Å². The number of ether oxygens (including phenoxy) is 3. The van der Waals surface area contributed by atoms with Crippen molar-refractivity contribution in [3.05, 3.63) is 41.5 Å².